The first-order valence-electron chi connectivity index (χ1n) is 8.09. The van der Waals surface area contributed by atoms with Crippen LogP contribution in [-0.4, -0.2) is 30.9 Å². The van der Waals surface area contributed by atoms with Gasteiger partial charge in [-0.25, -0.2) is 9.78 Å². The van der Waals surface area contributed by atoms with Gasteiger partial charge in [-0.3, -0.25) is 10.1 Å². The number of hydrogen-bond donors (Lipinski definition) is 2. The standard InChI is InChI=1S/C19H16N6O/c1-13-7-9-15(10-8-13)25-11-16(18(26)22-19-20-12-21-23-19)17(24-25)14-5-3-2-4-6-14/h2-12H,1H3,(H2,20,21,22,23,26). The topological polar surface area (TPSA) is 88.5 Å². The number of aryl methyl sites for hydroxylation is 1. The van der Waals surface area contributed by atoms with Gasteiger partial charge in [0.15, 0.2) is 0 Å². The molecule has 4 rings (SSSR count). The van der Waals surface area contributed by atoms with Crippen LogP contribution in [0.5, 0.6) is 0 Å². The van der Waals surface area contributed by atoms with E-state index in [0.717, 1.165) is 16.8 Å². The van der Waals surface area contributed by atoms with E-state index in [4.69, 9.17) is 0 Å². The van der Waals surface area contributed by atoms with Gasteiger partial charge in [0.05, 0.1) is 11.3 Å². The number of hydrogen-bond acceptors (Lipinski definition) is 4. The first-order valence-corrected chi connectivity index (χ1v) is 8.09. The number of carbonyl (C=O) groups is 1. The molecule has 0 atom stereocenters. The molecule has 1 amide bonds. The smallest absolute Gasteiger partial charge is 0.261 e. The van der Waals surface area contributed by atoms with Gasteiger partial charge in [-0.05, 0) is 19.1 Å². The van der Waals surface area contributed by atoms with E-state index in [1.165, 1.54) is 6.33 Å². The van der Waals surface area contributed by atoms with Crippen molar-refractivity contribution < 1.29 is 4.79 Å². The highest BCUT2D eigenvalue weighted by Crippen LogP contribution is 2.24. The maximum Gasteiger partial charge on any atom is 0.261 e. The lowest BCUT2D eigenvalue weighted by atomic mass is 10.1. The van der Waals surface area contributed by atoms with Crippen LogP contribution in [0.3, 0.4) is 0 Å². The number of anilines is 1. The van der Waals surface area contributed by atoms with Crippen LogP contribution in [0.4, 0.5) is 5.95 Å². The molecule has 0 aliphatic carbocycles. The number of aromatic amines is 1. The number of benzene rings is 2. The third-order valence-electron chi connectivity index (χ3n) is 3.95. The fourth-order valence-electron chi connectivity index (χ4n) is 2.62. The molecule has 0 aliphatic rings. The number of nitrogens with one attached hydrogen (secondary N) is 2. The molecule has 0 saturated carbocycles. The van der Waals surface area contributed by atoms with E-state index in [2.05, 4.69) is 25.6 Å². The van der Waals surface area contributed by atoms with Crippen molar-refractivity contribution in [3.63, 3.8) is 0 Å². The second kappa shape index (κ2) is 6.64. The Bertz CT molecular complexity index is 1020. The van der Waals surface area contributed by atoms with Gasteiger partial charge >= 0.3 is 0 Å². The third kappa shape index (κ3) is 3.10. The second-order valence-electron chi connectivity index (χ2n) is 5.83. The average Bonchev–Trinajstić information content (AvgIpc) is 3.33. The third-order valence-corrected chi connectivity index (χ3v) is 3.95. The number of aromatic nitrogens is 5. The summed E-state index contributed by atoms with van der Waals surface area (Å²) in [6, 6.07) is 17.6. The Kier molecular flexibility index (Phi) is 4.03. The van der Waals surface area contributed by atoms with Crippen molar-refractivity contribution in [1.82, 2.24) is 25.0 Å². The molecule has 0 spiro atoms. The largest absolute Gasteiger partial charge is 0.291 e. The summed E-state index contributed by atoms with van der Waals surface area (Å²) >= 11 is 0. The van der Waals surface area contributed by atoms with E-state index in [1.54, 1.807) is 10.9 Å². The molecule has 7 nitrogen and oxygen atoms in total. The molecule has 0 aliphatic heterocycles. The molecule has 128 valence electrons. The second-order valence-corrected chi connectivity index (χ2v) is 5.83. The zero-order chi connectivity index (χ0) is 17.9. The quantitative estimate of drug-likeness (QED) is 0.595. The van der Waals surface area contributed by atoms with E-state index in [-0.39, 0.29) is 11.9 Å². The average molecular weight is 344 g/mol. The van der Waals surface area contributed by atoms with Crippen molar-refractivity contribution in [2.75, 3.05) is 5.32 Å². The molecular formula is C19H16N6O. The minimum absolute atomic E-state index is 0.289. The maximum atomic E-state index is 12.8. The summed E-state index contributed by atoms with van der Waals surface area (Å²) in [6.07, 6.45) is 3.06. The van der Waals surface area contributed by atoms with Gasteiger partial charge in [-0.1, -0.05) is 48.0 Å². The molecule has 2 N–H and O–H groups in total. The summed E-state index contributed by atoms with van der Waals surface area (Å²) in [6.45, 7) is 2.03. The van der Waals surface area contributed by atoms with E-state index >= 15 is 0 Å². The molecule has 0 unspecified atom stereocenters. The molecular weight excluding hydrogens is 328 g/mol. The van der Waals surface area contributed by atoms with E-state index in [1.807, 2.05) is 61.5 Å². The SMILES string of the molecule is Cc1ccc(-n2cc(C(=O)Nc3ncn[nH]3)c(-c3ccccc3)n2)cc1. The molecule has 0 radical (unpaired) electrons. The predicted molar refractivity (Wildman–Crippen MR) is 98.1 cm³/mol. The van der Waals surface area contributed by atoms with Crippen LogP contribution in [0.15, 0.2) is 67.1 Å². The van der Waals surface area contributed by atoms with Gasteiger partial charge in [0.1, 0.15) is 12.0 Å². The molecule has 2 aromatic heterocycles. The summed E-state index contributed by atoms with van der Waals surface area (Å²) in [5, 5.41) is 13.7. The minimum Gasteiger partial charge on any atom is -0.291 e. The summed E-state index contributed by atoms with van der Waals surface area (Å²) in [7, 11) is 0. The molecule has 26 heavy (non-hydrogen) atoms. The van der Waals surface area contributed by atoms with Crippen LogP contribution in [0, 0.1) is 6.92 Å². The number of carbonyl (C=O) groups excluding carboxylic acids is 1. The summed E-state index contributed by atoms with van der Waals surface area (Å²) < 4.78 is 1.71. The van der Waals surface area contributed by atoms with Gasteiger partial charge in [0, 0.05) is 11.8 Å². The lowest BCUT2D eigenvalue weighted by Crippen LogP contribution is -2.13. The van der Waals surface area contributed by atoms with Crippen LogP contribution < -0.4 is 5.32 Å². The summed E-state index contributed by atoms with van der Waals surface area (Å²) in [5.41, 5.74) is 3.96. The molecule has 2 aromatic carbocycles. The summed E-state index contributed by atoms with van der Waals surface area (Å²) in [4.78, 5) is 16.7. The van der Waals surface area contributed by atoms with Gasteiger partial charge in [-0.2, -0.15) is 15.2 Å². The van der Waals surface area contributed by atoms with Gasteiger partial charge < -0.3 is 0 Å². The summed E-state index contributed by atoms with van der Waals surface area (Å²) in [5.74, 6) is -0.0175. The van der Waals surface area contributed by atoms with Gasteiger partial charge in [0.2, 0.25) is 5.95 Å². The highest BCUT2D eigenvalue weighted by atomic mass is 16.1. The van der Waals surface area contributed by atoms with Crippen molar-refractivity contribution in [1.29, 1.82) is 0 Å². The zero-order valence-corrected chi connectivity index (χ0v) is 14.0. The normalized spacial score (nSPS) is 10.7. The maximum absolute atomic E-state index is 12.8. The van der Waals surface area contributed by atoms with E-state index in [0.29, 0.717) is 11.3 Å². The van der Waals surface area contributed by atoms with Crippen molar-refractivity contribution >= 4 is 11.9 Å². The van der Waals surface area contributed by atoms with Crippen LogP contribution in [0.1, 0.15) is 15.9 Å². The first-order chi connectivity index (χ1) is 12.7. The lowest BCUT2D eigenvalue weighted by Gasteiger charge is -2.02. The lowest BCUT2D eigenvalue weighted by molar-refractivity contribution is 0.102. The molecule has 0 saturated heterocycles. The minimum atomic E-state index is -0.307. The highest BCUT2D eigenvalue weighted by Gasteiger charge is 2.19. The number of rotatable bonds is 4. The van der Waals surface area contributed by atoms with Crippen molar-refractivity contribution in [2.24, 2.45) is 0 Å². The molecule has 4 aromatic rings. The van der Waals surface area contributed by atoms with Crippen molar-refractivity contribution in [3.05, 3.63) is 78.2 Å². The molecule has 2 heterocycles. The Morgan fingerprint density at radius 3 is 2.54 bits per heavy atom. The van der Waals surface area contributed by atoms with Crippen LogP contribution >= 0.6 is 0 Å². The Morgan fingerprint density at radius 1 is 1.08 bits per heavy atom. The monoisotopic (exact) mass is 344 g/mol. The Morgan fingerprint density at radius 2 is 1.85 bits per heavy atom. The molecule has 0 bridgehead atoms. The van der Waals surface area contributed by atoms with Gasteiger partial charge in [-0.15, -0.1) is 0 Å². The fraction of sp³-hybridized carbons (Fsp3) is 0.0526. The Balaban J connectivity index is 1.77. The van der Waals surface area contributed by atoms with Crippen LogP contribution in [0.25, 0.3) is 16.9 Å². The first kappa shape index (κ1) is 15.8. The number of nitrogens with zero attached hydrogens (tertiary/aromatic N) is 4. The van der Waals surface area contributed by atoms with Crippen molar-refractivity contribution in [2.45, 2.75) is 6.92 Å². The van der Waals surface area contributed by atoms with Crippen molar-refractivity contribution in [3.8, 4) is 16.9 Å². The highest BCUT2D eigenvalue weighted by molar-refractivity contribution is 6.07. The van der Waals surface area contributed by atoms with Gasteiger partial charge in [0.25, 0.3) is 5.91 Å². The van der Waals surface area contributed by atoms with E-state index < -0.39 is 0 Å². The fourth-order valence-corrected chi connectivity index (χ4v) is 2.62. The number of H-pyrrole nitrogens is 1. The van der Waals surface area contributed by atoms with Crippen LogP contribution in [-0.2, 0) is 0 Å². The Labute approximate surface area is 149 Å². The Hall–Kier alpha value is -3.74. The molecule has 0 fully saturated rings. The predicted octanol–water partition coefficient (Wildman–Crippen LogP) is 3.22. The molecule has 7 heteroatoms. The van der Waals surface area contributed by atoms with E-state index in [9.17, 15) is 4.79 Å². The number of amides is 1. The zero-order valence-electron chi connectivity index (χ0n) is 14.0. The van der Waals surface area contributed by atoms with Crippen LogP contribution in [0.2, 0.25) is 0 Å².